The Morgan fingerprint density at radius 3 is 2.65 bits per heavy atom. The van der Waals surface area contributed by atoms with E-state index >= 15 is 0 Å². The van der Waals surface area contributed by atoms with Crippen LogP contribution in [-0.2, 0) is 0 Å². The predicted octanol–water partition coefficient (Wildman–Crippen LogP) is 3.22. The number of anilines is 1. The third kappa shape index (κ3) is 5.86. The van der Waals surface area contributed by atoms with E-state index in [1.165, 1.54) is 0 Å². The van der Waals surface area contributed by atoms with Crippen molar-refractivity contribution >= 4 is 23.5 Å². The van der Waals surface area contributed by atoms with E-state index in [0.29, 0.717) is 17.5 Å². The first-order valence-corrected chi connectivity index (χ1v) is 11.4. The lowest BCUT2D eigenvalue weighted by Crippen LogP contribution is -2.57. The van der Waals surface area contributed by atoms with Gasteiger partial charge in [0.15, 0.2) is 0 Å². The summed E-state index contributed by atoms with van der Waals surface area (Å²) in [4.78, 5) is 23.2. The van der Waals surface area contributed by atoms with Gasteiger partial charge in [0.1, 0.15) is 5.75 Å². The first-order chi connectivity index (χ1) is 15.1. The van der Waals surface area contributed by atoms with E-state index in [4.69, 9.17) is 16.3 Å². The Morgan fingerprint density at radius 1 is 1.26 bits per heavy atom. The number of aromatic nitrogens is 2. The highest BCUT2D eigenvalue weighted by molar-refractivity contribution is 6.30. The summed E-state index contributed by atoms with van der Waals surface area (Å²) in [6.07, 6.45) is 7.78. The fourth-order valence-electron chi connectivity index (χ4n) is 4.09. The summed E-state index contributed by atoms with van der Waals surface area (Å²) in [7, 11) is 0. The molecule has 31 heavy (non-hydrogen) atoms. The topological polar surface area (TPSA) is 79.4 Å². The van der Waals surface area contributed by atoms with Crippen molar-refractivity contribution in [2.75, 3.05) is 37.7 Å². The number of piperidine rings is 1. The standard InChI is InChI=1S/C23H30ClN5O2/c1-16-11-20(4-5-21(16)22(30)28-19-14-25-15-19)31-10-2-3-17-6-8-29(9-7-17)23-26-12-18(24)13-27-23/h4-5,11-13,17,19,25H,2-3,6-10,14-15H2,1H3,(H,28,30). The number of nitrogens with zero attached hydrogens (tertiary/aromatic N) is 3. The van der Waals surface area contributed by atoms with Crippen LogP contribution in [0.3, 0.4) is 0 Å². The van der Waals surface area contributed by atoms with Gasteiger partial charge in [-0.3, -0.25) is 4.79 Å². The summed E-state index contributed by atoms with van der Waals surface area (Å²) in [6, 6.07) is 5.96. The van der Waals surface area contributed by atoms with Crippen LogP contribution in [0.15, 0.2) is 30.6 Å². The van der Waals surface area contributed by atoms with Gasteiger partial charge in [-0.05, 0) is 62.3 Å². The number of carbonyl (C=O) groups is 1. The minimum absolute atomic E-state index is 0.00843. The van der Waals surface area contributed by atoms with Crippen LogP contribution in [0.1, 0.15) is 41.6 Å². The highest BCUT2D eigenvalue weighted by atomic mass is 35.5. The fourth-order valence-corrected chi connectivity index (χ4v) is 4.18. The molecule has 3 heterocycles. The molecule has 1 aromatic heterocycles. The number of benzene rings is 1. The van der Waals surface area contributed by atoms with Crippen molar-refractivity contribution in [2.24, 2.45) is 5.92 Å². The van der Waals surface area contributed by atoms with Gasteiger partial charge in [0.2, 0.25) is 5.95 Å². The maximum atomic E-state index is 12.3. The number of aryl methyl sites for hydroxylation is 1. The summed E-state index contributed by atoms with van der Waals surface area (Å²) in [6.45, 7) is 6.30. The van der Waals surface area contributed by atoms with Gasteiger partial charge in [0.25, 0.3) is 5.91 Å². The van der Waals surface area contributed by atoms with Crippen LogP contribution in [0, 0.1) is 12.8 Å². The molecule has 0 radical (unpaired) electrons. The molecule has 166 valence electrons. The molecule has 0 bridgehead atoms. The SMILES string of the molecule is Cc1cc(OCCCC2CCN(c3ncc(Cl)cn3)CC2)ccc1C(=O)NC1CNC1. The minimum atomic E-state index is -0.00843. The van der Waals surface area contributed by atoms with E-state index in [-0.39, 0.29) is 11.9 Å². The molecule has 0 aliphatic carbocycles. The maximum Gasteiger partial charge on any atom is 0.251 e. The van der Waals surface area contributed by atoms with Gasteiger partial charge < -0.3 is 20.3 Å². The van der Waals surface area contributed by atoms with Crippen molar-refractivity contribution in [1.82, 2.24) is 20.6 Å². The maximum absolute atomic E-state index is 12.3. The van der Waals surface area contributed by atoms with Crippen LogP contribution in [0.4, 0.5) is 5.95 Å². The van der Waals surface area contributed by atoms with Crippen LogP contribution >= 0.6 is 11.6 Å². The monoisotopic (exact) mass is 443 g/mol. The molecule has 2 aromatic rings. The van der Waals surface area contributed by atoms with E-state index in [1.54, 1.807) is 12.4 Å². The van der Waals surface area contributed by atoms with E-state index in [9.17, 15) is 4.79 Å². The van der Waals surface area contributed by atoms with Gasteiger partial charge in [-0.25, -0.2) is 9.97 Å². The Labute approximate surface area is 188 Å². The van der Waals surface area contributed by atoms with Gasteiger partial charge in [0, 0.05) is 31.7 Å². The molecule has 0 saturated carbocycles. The number of amides is 1. The van der Waals surface area contributed by atoms with Gasteiger partial charge in [-0.2, -0.15) is 0 Å². The Balaban J connectivity index is 1.16. The molecule has 0 spiro atoms. The van der Waals surface area contributed by atoms with Gasteiger partial charge >= 0.3 is 0 Å². The highest BCUT2D eigenvalue weighted by Crippen LogP contribution is 2.25. The molecule has 4 rings (SSSR count). The first kappa shape index (κ1) is 21.8. The van der Waals surface area contributed by atoms with E-state index in [2.05, 4.69) is 25.5 Å². The van der Waals surface area contributed by atoms with Crippen molar-refractivity contribution in [1.29, 1.82) is 0 Å². The molecule has 1 amide bonds. The Morgan fingerprint density at radius 2 is 2.00 bits per heavy atom. The first-order valence-electron chi connectivity index (χ1n) is 11.1. The molecule has 2 N–H and O–H groups in total. The predicted molar refractivity (Wildman–Crippen MR) is 122 cm³/mol. The zero-order valence-electron chi connectivity index (χ0n) is 17.9. The number of halogens is 1. The lowest BCUT2D eigenvalue weighted by atomic mass is 9.92. The van der Waals surface area contributed by atoms with E-state index < -0.39 is 0 Å². The van der Waals surface area contributed by atoms with Crippen LogP contribution < -0.4 is 20.3 Å². The smallest absolute Gasteiger partial charge is 0.251 e. The third-order valence-electron chi connectivity index (χ3n) is 6.09. The van der Waals surface area contributed by atoms with Crippen LogP contribution in [0.5, 0.6) is 5.75 Å². The molecule has 8 heteroatoms. The number of rotatable bonds is 8. The Bertz CT molecular complexity index is 880. The zero-order chi connectivity index (χ0) is 21.6. The summed E-state index contributed by atoms with van der Waals surface area (Å²) in [5.41, 5.74) is 1.66. The van der Waals surface area contributed by atoms with Gasteiger partial charge in [0.05, 0.1) is 30.1 Å². The average molecular weight is 444 g/mol. The number of nitrogens with one attached hydrogen (secondary N) is 2. The van der Waals surface area contributed by atoms with Crippen LogP contribution in [0.2, 0.25) is 5.02 Å². The van der Waals surface area contributed by atoms with Crippen LogP contribution in [0.25, 0.3) is 0 Å². The molecule has 2 aliphatic heterocycles. The van der Waals surface area contributed by atoms with Crippen molar-refractivity contribution in [3.8, 4) is 5.75 Å². The minimum Gasteiger partial charge on any atom is -0.494 e. The van der Waals surface area contributed by atoms with Crippen molar-refractivity contribution < 1.29 is 9.53 Å². The molecular weight excluding hydrogens is 414 g/mol. The molecule has 0 atom stereocenters. The highest BCUT2D eigenvalue weighted by Gasteiger charge is 2.21. The summed E-state index contributed by atoms with van der Waals surface area (Å²) in [5.74, 6) is 2.30. The van der Waals surface area contributed by atoms with Crippen molar-refractivity contribution in [3.63, 3.8) is 0 Å². The summed E-state index contributed by atoms with van der Waals surface area (Å²) < 4.78 is 5.94. The van der Waals surface area contributed by atoms with Gasteiger partial charge in [-0.1, -0.05) is 11.6 Å². The number of hydrogen-bond donors (Lipinski definition) is 2. The lowest BCUT2D eigenvalue weighted by molar-refractivity contribution is 0.0923. The average Bonchev–Trinajstić information content (AvgIpc) is 2.75. The van der Waals surface area contributed by atoms with E-state index in [0.717, 1.165) is 74.7 Å². The normalized spacial score (nSPS) is 17.3. The second-order valence-corrected chi connectivity index (χ2v) is 8.86. The largest absolute Gasteiger partial charge is 0.494 e. The molecule has 1 aromatic carbocycles. The van der Waals surface area contributed by atoms with Crippen molar-refractivity contribution in [2.45, 2.75) is 38.6 Å². The molecule has 2 saturated heterocycles. The number of carbonyl (C=O) groups excluding carboxylic acids is 1. The second-order valence-electron chi connectivity index (χ2n) is 8.43. The lowest BCUT2D eigenvalue weighted by Gasteiger charge is -2.32. The Kier molecular flexibility index (Phi) is 7.25. The second kappa shape index (κ2) is 10.3. The molecule has 0 unspecified atom stereocenters. The van der Waals surface area contributed by atoms with Crippen molar-refractivity contribution in [3.05, 3.63) is 46.7 Å². The van der Waals surface area contributed by atoms with E-state index in [1.807, 2.05) is 25.1 Å². The molecular formula is C23H30ClN5O2. The fraction of sp³-hybridized carbons (Fsp3) is 0.522. The zero-order valence-corrected chi connectivity index (χ0v) is 18.7. The molecule has 2 fully saturated rings. The number of ether oxygens (including phenoxy) is 1. The van der Waals surface area contributed by atoms with Crippen LogP contribution in [-0.4, -0.2) is 54.7 Å². The van der Waals surface area contributed by atoms with Gasteiger partial charge in [-0.15, -0.1) is 0 Å². The number of hydrogen-bond acceptors (Lipinski definition) is 6. The summed E-state index contributed by atoms with van der Waals surface area (Å²) >= 11 is 5.87. The quantitative estimate of drug-likeness (QED) is 0.610. The summed E-state index contributed by atoms with van der Waals surface area (Å²) in [5, 5.41) is 6.76. The third-order valence-corrected chi connectivity index (χ3v) is 6.28. The Hall–Kier alpha value is -2.38. The molecule has 2 aliphatic rings. The molecule has 7 nitrogen and oxygen atoms in total.